The van der Waals surface area contributed by atoms with E-state index in [1.165, 1.54) is 17.4 Å². The Morgan fingerprint density at radius 2 is 1.85 bits per heavy atom. The highest BCUT2D eigenvalue weighted by atomic mass is 35.5. The second-order valence-corrected chi connectivity index (χ2v) is 12.1. The Morgan fingerprint density at radius 1 is 1.11 bits per heavy atom. The first-order valence-corrected chi connectivity index (χ1v) is 15.7. The highest BCUT2D eigenvalue weighted by Gasteiger charge is 2.27. The standard InChI is InChI=1S/C32H40ClFN10O2/c33-25-13-19(2-1-3-26(35)20-6-7-20)12-24(28(25)34)27-14-21-16-44(32(45)43-29(21)42-27)22-8-4-18(5-9-22)17-46-23(15-41-31(38)39)10-11-40-30(36)37/h4-5,8-9,12-14,16,20,23,26H,1-3,6-7,10-11,15,17,35H2,(H4,36,37,40)(H4,38,39,41)(H,42,43,45)/t23-,26-/m1/s1. The summed E-state index contributed by atoms with van der Waals surface area (Å²) in [4.78, 5) is 20.3. The first-order valence-electron chi connectivity index (χ1n) is 15.3. The molecular formula is C32H40ClFN10O2. The number of nitrogens with zero attached hydrogens (tertiary/aromatic N) is 2. The number of aromatic amines is 1. The van der Waals surface area contributed by atoms with Crippen LogP contribution >= 0.6 is 11.6 Å². The Kier molecular flexibility index (Phi) is 10.6. The van der Waals surface area contributed by atoms with E-state index >= 15 is 4.39 Å². The van der Waals surface area contributed by atoms with Crippen LogP contribution in [0.2, 0.25) is 5.02 Å². The third kappa shape index (κ3) is 8.62. The van der Waals surface area contributed by atoms with Gasteiger partial charge in [-0.25, -0.2) is 9.18 Å². The largest absolute Gasteiger partial charge is 0.372 e. The number of nitrogens with one attached hydrogen (secondary N) is 5. The normalized spacial score (nSPS) is 14.2. The molecule has 0 unspecified atom stereocenters. The lowest BCUT2D eigenvalue weighted by Gasteiger charge is -2.19. The van der Waals surface area contributed by atoms with Gasteiger partial charge in [-0.1, -0.05) is 23.7 Å². The van der Waals surface area contributed by atoms with Crippen molar-refractivity contribution in [3.63, 3.8) is 0 Å². The van der Waals surface area contributed by atoms with E-state index in [0.717, 1.165) is 30.4 Å². The number of benzene rings is 2. The van der Waals surface area contributed by atoms with Crippen molar-refractivity contribution in [1.29, 1.82) is 10.8 Å². The number of H-pyrrole nitrogens is 1. The summed E-state index contributed by atoms with van der Waals surface area (Å²) in [6.45, 7) is 1.03. The molecule has 12 nitrogen and oxygen atoms in total. The molecule has 4 aromatic rings. The van der Waals surface area contributed by atoms with Gasteiger partial charge in [0.1, 0.15) is 5.65 Å². The molecule has 2 aromatic heterocycles. The predicted molar refractivity (Wildman–Crippen MR) is 179 cm³/mol. The van der Waals surface area contributed by atoms with Gasteiger partial charge in [-0.15, -0.1) is 0 Å². The highest BCUT2D eigenvalue weighted by molar-refractivity contribution is 6.31. The second-order valence-electron chi connectivity index (χ2n) is 11.7. The lowest BCUT2D eigenvalue weighted by atomic mass is 10.00. The molecule has 0 spiro atoms. The van der Waals surface area contributed by atoms with Gasteiger partial charge in [0, 0.05) is 36.3 Å². The van der Waals surface area contributed by atoms with Gasteiger partial charge in [0.15, 0.2) is 17.7 Å². The minimum Gasteiger partial charge on any atom is -0.372 e. The Hall–Kier alpha value is -4.46. The molecule has 2 heterocycles. The zero-order valence-electron chi connectivity index (χ0n) is 25.4. The summed E-state index contributed by atoms with van der Waals surface area (Å²) in [5, 5.41) is 20.9. The summed E-state index contributed by atoms with van der Waals surface area (Å²) in [6.07, 6.45) is 6.89. The van der Waals surface area contributed by atoms with Crippen molar-refractivity contribution in [3.8, 4) is 16.9 Å². The average molecular weight is 651 g/mol. The van der Waals surface area contributed by atoms with E-state index < -0.39 is 11.5 Å². The number of fused-ring (bicyclic) bond motifs is 1. The Balaban J connectivity index is 1.28. The first-order chi connectivity index (χ1) is 22.1. The number of aromatic nitrogens is 3. The molecule has 2 atom stereocenters. The molecule has 5 rings (SSSR count). The summed E-state index contributed by atoms with van der Waals surface area (Å²) in [6, 6.07) is 12.7. The fourth-order valence-corrected chi connectivity index (χ4v) is 5.66. The number of ether oxygens (including phenoxy) is 1. The summed E-state index contributed by atoms with van der Waals surface area (Å²) in [5.41, 5.74) is 20.1. The van der Waals surface area contributed by atoms with Crippen molar-refractivity contribution in [2.24, 2.45) is 23.1 Å². The molecule has 1 aliphatic carbocycles. The Labute approximate surface area is 270 Å². The van der Waals surface area contributed by atoms with Gasteiger partial charge in [-0.2, -0.15) is 4.98 Å². The zero-order chi connectivity index (χ0) is 32.8. The van der Waals surface area contributed by atoms with Crippen molar-refractivity contribution in [3.05, 3.63) is 81.1 Å². The quantitative estimate of drug-likeness (QED) is 0.0703. The molecule has 0 radical (unpaired) electrons. The van der Waals surface area contributed by atoms with E-state index in [4.69, 9.17) is 44.4 Å². The van der Waals surface area contributed by atoms with Gasteiger partial charge in [0.05, 0.1) is 29.1 Å². The molecule has 1 saturated carbocycles. The summed E-state index contributed by atoms with van der Waals surface area (Å²) in [7, 11) is 0. The lowest BCUT2D eigenvalue weighted by molar-refractivity contribution is 0.0389. The Morgan fingerprint density at radius 3 is 2.54 bits per heavy atom. The van der Waals surface area contributed by atoms with Crippen molar-refractivity contribution >= 4 is 34.6 Å². The van der Waals surface area contributed by atoms with Gasteiger partial charge in [0.2, 0.25) is 0 Å². The van der Waals surface area contributed by atoms with Crippen LogP contribution in [0.5, 0.6) is 0 Å². The molecule has 0 aliphatic heterocycles. The van der Waals surface area contributed by atoms with Crippen LogP contribution in [0.25, 0.3) is 28.0 Å². The molecule has 2 aromatic carbocycles. The van der Waals surface area contributed by atoms with Crippen LogP contribution in [0.15, 0.2) is 53.5 Å². The third-order valence-corrected chi connectivity index (χ3v) is 8.39. The molecule has 14 heteroatoms. The van der Waals surface area contributed by atoms with Crippen LogP contribution in [0.1, 0.15) is 43.2 Å². The smallest absolute Gasteiger partial charge is 0.354 e. The average Bonchev–Trinajstić information content (AvgIpc) is 3.79. The van der Waals surface area contributed by atoms with Gasteiger partial charge in [-0.05, 0) is 85.9 Å². The predicted octanol–water partition coefficient (Wildman–Crippen LogP) is 3.47. The minimum absolute atomic E-state index is 0.0448. The molecule has 1 aliphatic rings. The van der Waals surface area contributed by atoms with Crippen molar-refractivity contribution < 1.29 is 9.13 Å². The maximum atomic E-state index is 15.2. The summed E-state index contributed by atoms with van der Waals surface area (Å²) >= 11 is 6.29. The van der Waals surface area contributed by atoms with Crippen LogP contribution in [0, 0.1) is 22.6 Å². The van der Waals surface area contributed by atoms with Crippen LogP contribution in [0.4, 0.5) is 4.39 Å². The first kappa shape index (κ1) is 32.9. The van der Waals surface area contributed by atoms with Crippen LogP contribution in [-0.4, -0.2) is 51.7 Å². The number of rotatable bonds is 15. The fourth-order valence-electron chi connectivity index (χ4n) is 5.41. The van der Waals surface area contributed by atoms with E-state index in [9.17, 15) is 4.79 Å². The third-order valence-electron chi connectivity index (χ3n) is 8.12. The van der Waals surface area contributed by atoms with Crippen LogP contribution in [-0.2, 0) is 17.8 Å². The molecule has 1 fully saturated rings. The highest BCUT2D eigenvalue weighted by Crippen LogP contribution is 2.34. The topological polar surface area (TPSA) is 210 Å². The molecule has 244 valence electrons. The minimum atomic E-state index is -0.533. The van der Waals surface area contributed by atoms with E-state index in [-0.39, 0.29) is 35.7 Å². The maximum absolute atomic E-state index is 15.2. The van der Waals surface area contributed by atoms with Gasteiger partial charge < -0.3 is 37.6 Å². The summed E-state index contributed by atoms with van der Waals surface area (Å²) in [5.74, 6) is -0.187. The lowest BCUT2D eigenvalue weighted by Crippen LogP contribution is -2.40. The monoisotopic (exact) mass is 650 g/mol. The number of nitrogens with two attached hydrogens (primary N) is 3. The van der Waals surface area contributed by atoms with Gasteiger partial charge >= 0.3 is 5.69 Å². The van der Waals surface area contributed by atoms with Crippen molar-refractivity contribution in [2.45, 2.75) is 57.3 Å². The number of aryl methyl sites for hydroxylation is 1. The molecule has 0 bridgehead atoms. The molecular weight excluding hydrogens is 611 g/mol. The number of halogens is 2. The van der Waals surface area contributed by atoms with Gasteiger partial charge in [0.25, 0.3) is 0 Å². The Bertz CT molecular complexity index is 1750. The number of hydrogen-bond donors (Lipinski definition) is 8. The molecule has 0 saturated heterocycles. The SMILES string of the molecule is N=C(N)NCC[C@H](CNC(=N)N)OCc1ccc(-n2cc3cc(-c4cc(CCC[C@@H](N)C5CC5)cc(Cl)c4F)[nH]c3nc2=O)cc1. The van der Waals surface area contributed by atoms with E-state index in [1.807, 2.05) is 12.1 Å². The number of hydrogen-bond acceptors (Lipinski definition) is 6. The summed E-state index contributed by atoms with van der Waals surface area (Å²) < 4.78 is 22.6. The fraction of sp³-hybridized carbons (Fsp3) is 0.375. The van der Waals surface area contributed by atoms with Crippen LogP contribution in [0.3, 0.4) is 0 Å². The second kappa shape index (κ2) is 14.8. The van der Waals surface area contributed by atoms with Crippen molar-refractivity contribution in [2.75, 3.05) is 13.1 Å². The zero-order valence-corrected chi connectivity index (χ0v) is 26.2. The van der Waals surface area contributed by atoms with Crippen molar-refractivity contribution in [1.82, 2.24) is 25.2 Å². The van der Waals surface area contributed by atoms with E-state index in [0.29, 0.717) is 53.4 Å². The number of guanidine groups is 2. The molecule has 11 N–H and O–H groups in total. The van der Waals surface area contributed by atoms with E-state index in [2.05, 4.69) is 20.6 Å². The van der Waals surface area contributed by atoms with Crippen LogP contribution < -0.4 is 33.5 Å². The molecule has 0 amide bonds. The molecule has 46 heavy (non-hydrogen) atoms. The van der Waals surface area contributed by atoms with E-state index in [1.54, 1.807) is 36.5 Å². The maximum Gasteiger partial charge on any atom is 0.354 e. The van der Waals surface area contributed by atoms with Gasteiger partial charge in [-0.3, -0.25) is 15.4 Å².